The van der Waals surface area contributed by atoms with E-state index in [1.165, 1.54) is 6.92 Å². The van der Waals surface area contributed by atoms with Crippen LogP contribution in [0.5, 0.6) is 0 Å². The quantitative estimate of drug-likeness (QED) is 0.210. The standard InChI is InChI=1S/C12H25N5O3/c1-7(2)10(17-14)11(19)16-9(8(3)18)5-4-6-15-12(13)20/h7,9-10,17H,4-6,14H2,1-3H3,(H,16,19)(H3,13,15,20). The Kier molecular flexibility index (Phi) is 8.49. The van der Waals surface area contributed by atoms with Crippen molar-refractivity contribution in [3.8, 4) is 0 Å². The molecule has 0 aromatic heterocycles. The second kappa shape index (κ2) is 9.27. The number of carbonyl (C=O) groups excluding carboxylic acids is 3. The molecule has 0 aliphatic heterocycles. The molecule has 0 spiro atoms. The number of hydrazine groups is 1. The van der Waals surface area contributed by atoms with Gasteiger partial charge >= 0.3 is 6.03 Å². The lowest BCUT2D eigenvalue weighted by Crippen LogP contribution is -2.54. The van der Waals surface area contributed by atoms with Gasteiger partial charge in [-0.05, 0) is 25.7 Å². The fourth-order valence-electron chi connectivity index (χ4n) is 1.73. The Hall–Kier alpha value is -1.67. The van der Waals surface area contributed by atoms with Crippen LogP contribution in [0.3, 0.4) is 0 Å². The van der Waals surface area contributed by atoms with Crippen LogP contribution >= 0.6 is 0 Å². The zero-order chi connectivity index (χ0) is 15.7. The molecule has 20 heavy (non-hydrogen) atoms. The van der Waals surface area contributed by atoms with E-state index in [9.17, 15) is 14.4 Å². The number of ketones is 1. The molecule has 0 heterocycles. The van der Waals surface area contributed by atoms with Crippen molar-refractivity contribution in [1.82, 2.24) is 16.1 Å². The molecule has 0 fully saturated rings. The van der Waals surface area contributed by atoms with Crippen molar-refractivity contribution in [1.29, 1.82) is 0 Å². The summed E-state index contributed by atoms with van der Waals surface area (Å²) < 4.78 is 0. The van der Waals surface area contributed by atoms with Crippen molar-refractivity contribution >= 4 is 17.7 Å². The zero-order valence-corrected chi connectivity index (χ0v) is 12.2. The number of hydrogen-bond acceptors (Lipinski definition) is 5. The number of amides is 3. The minimum Gasteiger partial charge on any atom is -0.352 e. The summed E-state index contributed by atoms with van der Waals surface area (Å²) in [6, 6.07) is -1.76. The maximum absolute atomic E-state index is 12.0. The Morgan fingerprint density at radius 2 is 1.80 bits per heavy atom. The molecule has 0 saturated heterocycles. The lowest BCUT2D eigenvalue weighted by Gasteiger charge is -2.23. The SMILES string of the molecule is CC(=O)C(CCCNC(N)=O)NC(=O)C(NN)C(C)C. The largest absolute Gasteiger partial charge is 0.352 e. The lowest BCUT2D eigenvalue weighted by molar-refractivity contribution is -0.129. The first kappa shape index (κ1) is 18.3. The van der Waals surface area contributed by atoms with Crippen molar-refractivity contribution in [2.24, 2.45) is 17.5 Å². The smallest absolute Gasteiger partial charge is 0.312 e. The van der Waals surface area contributed by atoms with Crippen LogP contribution in [-0.2, 0) is 9.59 Å². The summed E-state index contributed by atoms with van der Waals surface area (Å²) in [5.74, 6) is 4.87. The Labute approximate surface area is 119 Å². The summed E-state index contributed by atoms with van der Waals surface area (Å²) in [6.45, 7) is 5.47. The van der Waals surface area contributed by atoms with Crippen LogP contribution in [0, 0.1) is 5.92 Å². The summed E-state index contributed by atoms with van der Waals surface area (Å²) in [4.78, 5) is 34.0. The molecule has 0 radical (unpaired) electrons. The summed E-state index contributed by atoms with van der Waals surface area (Å²) in [7, 11) is 0. The normalized spacial score (nSPS) is 13.7. The first-order valence-corrected chi connectivity index (χ1v) is 6.59. The predicted molar refractivity (Wildman–Crippen MR) is 75.4 cm³/mol. The molecule has 0 aliphatic carbocycles. The molecule has 0 aliphatic rings. The van der Waals surface area contributed by atoms with E-state index in [0.717, 1.165) is 0 Å². The zero-order valence-electron chi connectivity index (χ0n) is 12.2. The van der Waals surface area contributed by atoms with Gasteiger partial charge in [0.25, 0.3) is 0 Å². The Morgan fingerprint density at radius 1 is 1.20 bits per heavy atom. The Bertz CT molecular complexity index is 346. The third kappa shape index (κ3) is 7.05. The van der Waals surface area contributed by atoms with E-state index in [0.29, 0.717) is 19.4 Å². The molecule has 0 aromatic carbocycles. The molecule has 116 valence electrons. The van der Waals surface area contributed by atoms with Gasteiger partial charge in [0, 0.05) is 6.54 Å². The minimum absolute atomic E-state index is 0.00383. The van der Waals surface area contributed by atoms with Gasteiger partial charge in [-0.3, -0.25) is 15.4 Å². The van der Waals surface area contributed by atoms with E-state index >= 15 is 0 Å². The number of rotatable bonds is 9. The molecule has 2 unspecified atom stereocenters. The third-order valence-corrected chi connectivity index (χ3v) is 2.90. The average Bonchev–Trinajstić information content (AvgIpc) is 2.32. The van der Waals surface area contributed by atoms with Crippen molar-refractivity contribution < 1.29 is 14.4 Å². The van der Waals surface area contributed by atoms with Crippen LogP contribution < -0.4 is 27.6 Å². The van der Waals surface area contributed by atoms with E-state index in [4.69, 9.17) is 11.6 Å². The summed E-state index contributed by atoms with van der Waals surface area (Å²) >= 11 is 0. The molecule has 8 nitrogen and oxygen atoms in total. The maximum Gasteiger partial charge on any atom is 0.312 e. The Morgan fingerprint density at radius 3 is 2.20 bits per heavy atom. The van der Waals surface area contributed by atoms with E-state index in [-0.39, 0.29) is 17.6 Å². The van der Waals surface area contributed by atoms with Gasteiger partial charge in [-0.25, -0.2) is 10.2 Å². The molecular weight excluding hydrogens is 262 g/mol. The van der Waals surface area contributed by atoms with Crippen LogP contribution in [0.4, 0.5) is 4.79 Å². The number of nitrogens with one attached hydrogen (secondary N) is 3. The number of urea groups is 1. The highest BCUT2D eigenvalue weighted by Crippen LogP contribution is 2.04. The van der Waals surface area contributed by atoms with Gasteiger partial charge in [0.1, 0.15) is 6.04 Å². The van der Waals surface area contributed by atoms with E-state index in [1.807, 2.05) is 13.8 Å². The lowest BCUT2D eigenvalue weighted by atomic mass is 10.0. The fraction of sp³-hybridized carbons (Fsp3) is 0.750. The summed E-state index contributed by atoms with van der Waals surface area (Å²) in [5, 5.41) is 5.09. The Balaban J connectivity index is 4.36. The monoisotopic (exact) mass is 287 g/mol. The second-order valence-corrected chi connectivity index (χ2v) is 4.99. The number of primary amides is 1. The molecule has 8 heteroatoms. The number of hydrogen-bond donors (Lipinski definition) is 5. The molecule has 0 bridgehead atoms. The highest BCUT2D eigenvalue weighted by molar-refractivity contribution is 5.89. The van der Waals surface area contributed by atoms with Crippen LogP contribution in [0.2, 0.25) is 0 Å². The van der Waals surface area contributed by atoms with E-state index in [1.54, 1.807) is 0 Å². The molecule has 0 rings (SSSR count). The van der Waals surface area contributed by atoms with E-state index in [2.05, 4.69) is 16.1 Å². The number of nitrogens with two attached hydrogens (primary N) is 2. The molecule has 7 N–H and O–H groups in total. The molecule has 0 aromatic rings. The molecular formula is C12H25N5O3. The minimum atomic E-state index is -0.611. The van der Waals surface area contributed by atoms with Gasteiger partial charge in [0.15, 0.2) is 5.78 Å². The van der Waals surface area contributed by atoms with Crippen molar-refractivity contribution in [2.45, 2.75) is 45.7 Å². The molecule has 2 atom stereocenters. The highest BCUT2D eigenvalue weighted by Gasteiger charge is 2.24. The van der Waals surface area contributed by atoms with Crippen LogP contribution in [0.1, 0.15) is 33.6 Å². The van der Waals surface area contributed by atoms with Crippen molar-refractivity contribution in [3.05, 3.63) is 0 Å². The number of carbonyl (C=O) groups is 3. The number of Topliss-reactive ketones (excluding diaryl/α,β-unsaturated/α-hetero) is 1. The highest BCUT2D eigenvalue weighted by atomic mass is 16.2. The summed E-state index contributed by atoms with van der Waals surface area (Å²) in [5.41, 5.74) is 7.36. The van der Waals surface area contributed by atoms with E-state index < -0.39 is 18.1 Å². The van der Waals surface area contributed by atoms with Gasteiger partial charge in [0.2, 0.25) is 5.91 Å². The summed E-state index contributed by atoms with van der Waals surface area (Å²) in [6.07, 6.45) is 0.965. The molecule has 0 saturated carbocycles. The van der Waals surface area contributed by atoms with Gasteiger partial charge in [-0.15, -0.1) is 0 Å². The average molecular weight is 287 g/mol. The third-order valence-electron chi connectivity index (χ3n) is 2.90. The van der Waals surface area contributed by atoms with Gasteiger partial charge < -0.3 is 16.4 Å². The van der Waals surface area contributed by atoms with Crippen molar-refractivity contribution in [3.63, 3.8) is 0 Å². The fourth-order valence-corrected chi connectivity index (χ4v) is 1.73. The van der Waals surface area contributed by atoms with Gasteiger partial charge in [-0.1, -0.05) is 13.8 Å². The van der Waals surface area contributed by atoms with Crippen LogP contribution in [0.15, 0.2) is 0 Å². The van der Waals surface area contributed by atoms with Gasteiger partial charge in [-0.2, -0.15) is 0 Å². The van der Waals surface area contributed by atoms with Crippen LogP contribution in [0.25, 0.3) is 0 Å². The van der Waals surface area contributed by atoms with Crippen LogP contribution in [-0.4, -0.2) is 36.3 Å². The molecule has 3 amide bonds. The first-order chi connectivity index (χ1) is 9.29. The predicted octanol–water partition coefficient (Wildman–Crippen LogP) is -1.00. The van der Waals surface area contributed by atoms with Gasteiger partial charge in [0.05, 0.1) is 6.04 Å². The first-order valence-electron chi connectivity index (χ1n) is 6.59. The second-order valence-electron chi connectivity index (χ2n) is 4.99. The van der Waals surface area contributed by atoms with Crippen molar-refractivity contribution in [2.75, 3.05) is 6.54 Å². The topological polar surface area (TPSA) is 139 Å². The maximum atomic E-state index is 12.0.